The highest BCUT2D eigenvalue weighted by Gasteiger charge is 2.36. The summed E-state index contributed by atoms with van der Waals surface area (Å²) >= 11 is 0. The SMILES string of the molecule is COc1cccc([C@H]2Nc3ccccc3C(=O)N2C[C@H]2CCCO2)c1OC. The van der Waals surface area contributed by atoms with E-state index in [4.69, 9.17) is 14.2 Å². The van der Waals surface area contributed by atoms with Gasteiger partial charge in [0.1, 0.15) is 6.17 Å². The molecule has 4 rings (SSSR count). The number of methoxy groups -OCH3 is 2. The second-order valence-corrected chi connectivity index (χ2v) is 6.77. The van der Waals surface area contributed by atoms with Gasteiger partial charge in [-0.1, -0.05) is 24.3 Å². The molecule has 2 aromatic carbocycles. The van der Waals surface area contributed by atoms with E-state index in [1.54, 1.807) is 14.2 Å². The number of anilines is 1. The standard InChI is InChI=1S/C21H24N2O4/c1-25-18-11-5-9-16(19(18)26-2)20-22-17-10-4-3-8-15(17)21(24)23(20)13-14-7-6-12-27-14/h3-5,8-11,14,20,22H,6-7,12-13H2,1-2H3/t14-,20+/m1/s1. The van der Waals surface area contributed by atoms with Crippen LogP contribution in [0.15, 0.2) is 42.5 Å². The Morgan fingerprint density at radius 1 is 1.15 bits per heavy atom. The van der Waals surface area contributed by atoms with Gasteiger partial charge in [-0.2, -0.15) is 0 Å². The number of benzene rings is 2. The third kappa shape index (κ3) is 3.21. The van der Waals surface area contributed by atoms with Gasteiger partial charge in [0, 0.05) is 24.4 Å². The van der Waals surface area contributed by atoms with E-state index in [0.717, 1.165) is 30.7 Å². The maximum Gasteiger partial charge on any atom is 0.257 e. The molecule has 27 heavy (non-hydrogen) atoms. The molecule has 2 aliphatic rings. The largest absolute Gasteiger partial charge is 0.493 e. The summed E-state index contributed by atoms with van der Waals surface area (Å²) in [7, 11) is 3.23. The van der Waals surface area contributed by atoms with Crippen LogP contribution in [0.2, 0.25) is 0 Å². The number of nitrogens with one attached hydrogen (secondary N) is 1. The van der Waals surface area contributed by atoms with Crippen LogP contribution in [0.5, 0.6) is 11.5 Å². The zero-order chi connectivity index (χ0) is 18.8. The van der Waals surface area contributed by atoms with Gasteiger partial charge < -0.3 is 24.4 Å². The van der Waals surface area contributed by atoms with Gasteiger partial charge in [-0.15, -0.1) is 0 Å². The van der Waals surface area contributed by atoms with E-state index in [1.807, 2.05) is 47.4 Å². The third-order valence-electron chi connectivity index (χ3n) is 5.17. The Hall–Kier alpha value is -2.73. The first-order chi connectivity index (χ1) is 13.2. The molecule has 0 unspecified atom stereocenters. The minimum atomic E-state index is -0.360. The molecule has 6 nitrogen and oxygen atoms in total. The predicted octanol–water partition coefficient (Wildman–Crippen LogP) is 3.45. The van der Waals surface area contributed by atoms with Crippen molar-refractivity contribution in [1.29, 1.82) is 0 Å². The van der Waals surface area contributed by atoms with Crippen molar-refractivity contribution < 1.29 is 19.0 Å². The summed E-state index contributed by atoms with van der Waals surface area (Å²) in [5, 5.41) is 3.51. The van der Waals surface area contributed by atoms with Gasteiger partial charge in [0.15, 0.2) is 11.5 Å². The summed E-state index contributed by atoms with van der Waals surface area (Å²) in [6.07, 6.45) is 1.69. The molecule has 0 aromatic heterocycles. The molecule has 6 heteroatoms. The van der Waals surface area contributed by atoms with Crippen LogP contribution in [-0.2, 0) is 4.74 Å². The van der Waals surface area contributed by atoms with E-state index in [2.05, 4.69) is 5.32 Å². The lowest BCUT2D eigenvalue weighted by atomic mass is 10.0. The Labute approximate surface area is 159 Å². The number of amides is 1. The quantitative estimate of drug-likeness (QED) is 0.876. The summed E-state index contributed by atoms with van der Waals surface area (Å²) in [5.41, 5.74) is 2.35. The van der Waals surface area contributed by atoms with Gasteiger partial charge in [-0.25, -0.2) is 0 Å². The van der Waals surface area contributed by atoms with Crippen molar-refractivity contribution in [1.82, 2.24) is 4.90 Å². The van der Waals surface area contributed by atoms with E-state index in [9.17, 15) is 4.79 Å². The zero-order valence-corrected chi connectivity index (χ0v) is 15.6. The molecule has 142 valence electrons. The van der Waals surface area contributed by atoms with Crippen LogP contribution >= 0.6 is 0 Å². The first-order valence-corrected chi connectivity index (χ1v) is 9.22. The maximum atomic E-state index is 13.3. The fourth-order valence-corrected chi connectivity index (χ4v) is 3.86. The van der Waals surface area contributed by atoms with Crippen LogP contribution in [0.1, 0.15) is 34.9 Å². The normalized spacial score (nSPS) is 21.6. The monoisotopic (exact) mass is 368 g/mol. The molecule has 0 aliphatic carbocycles. The van der Waals surface area contributed by atoms with Crippen LogP contribution in [0.3, 0.4) is 0 Å². The zero-order valence-electron chi connectivity index (χ0n) is 15.6. The van der Waals surface area contributed by atoms with Gasteiger partial charge in [0.05, 0.1) is 25.9 Å². The Kier molecular flexibility index (Phi) is 4.90. The third-order valence-corrected chi connectivity index (χ3v) is 5.17. The molecule has 0 radical (unpaired) electrons. The highest BCUT2D eigenvalue weighted by Crippen LogP contribution is 2.41. The molecule has 2 aromatic rings. The Balaban J connectivity index is 1.77. The van der Waals surface area contributed by atoms with E-state index in [1.165, 1.54) is 0 Å². The average Bonchev–Trinajstić information content (AvgIpc) is 3.22. The van der Waals surface area contributed by atoms with Crippen molar-refractivity contribution in [2.75, 3.05) is 32.7 Å². The highest BCUT2D eigenvalue weighted by molar-refractivity contribution is 6.01. The summed E-state index contributed by atoms with van der Waals surface area (Å²) in [5.74, 6) is 1.26. The molecule has 2 atom stereocenters. The number of hydrogen-bond donors (Lipinski definition) is 1. The summed E-state index contributed by atoms with van der Waals surface area (Å²) in [4.78, 5) is 15.1. The van der Waals surface area contributed by atoms with Crippen LogP contribution in [0, 0.1) is 0 Å². The molecule has 2 aliphatic heterocycles. The molecule has 0 bridgehead atoms. The number of para-hydroxylation sites is 2. The van der Waals surface area contributed by atoms with Crippen molar-refractivity contribution in [3.05, 3.63) is 53.6 Å². The van der Waals surface area contributed by atoms with Crippen molar-refractivity contribution in [3.8, 4) is 11.5 Å². The van der Waals surface area contributed by atoms with Crippen molar-refractivity contribution in [3.63, 3.8) is 0 Å². The molecule has 1 saturated heterocycles. The van der Waals surface area contributed by atoms with Crippen molar-refractivity contribution >= 4 is 11.6 Å². The molecule has 1 N–H and O–H groups in total. The number of nitrogens with zero attached hydrogens (tertiary/aromatic N) is 1. The smallest absolute Gasteiger partial charge is 0.257 e. The summed E-state index contributed by atoms with van der Waals surface area (Å²) in [6, 6.07) is 13.3. The molecular weight excluding hydrogens is 344 g/mol. The Morgan fingerprint density at radius 3 is 2.74 bits per heavy atom. The fourth-order valence-electron chi connectivity index (χ4n) is 3.86. The first-order valence-electron chi connectivity index (χ1n) is 9.22. The number of carbonyl (C=O) groups excluding carboxylic acids is 1. The maximum absolute atomic E-state index is 13.3. The Morgan fingerprint density at radius 2 is 2.00 bits per heavy atom. The van der Waals surface area contributed by atoms with Gasteiger partial charge in [-0.3, -0.25) is 4.79 Å². The fraction of sp³-hybridized carbons (Fsp3) is 0.381. The summed E-state index contributed by atoms with van der Waals surface area (Å²) < 4.78 is 16.9. The van der Waals surface area contributed by atoms with Crippen molar-refractivity contribution in [2.24, 2.45) is 0 Å². The number of ether oxygens (including phenoxy) is 3. The van der Waals surface area contributed by atoms with Crippen LogP contribution in [0.4, 0.5) is 5.69 Å². The lowest BCUT2D eigenvalue weighted by Crippen LogP contribution is -2.46. The van der Waals surface area contributed by atoms with E-state index in [-0.39, 0.29) is 18.2 Å². The van der Waals surface area contributed by atoms with Crippen LogP contribution in [-0.4, -0.2) is 44.3 Å². The van der Waals surface area contributed by atoms with Gasteiger partial charge in [-0.05, 0) is 31.0 Å². The molecule has 0 saturated carbocycles. The lowest BCUT2D eigenvalue weighted by molar-refractivity contribution is 0.0424. The number of carbonyl (C=O) groups is 1. The predicted molar refractivity (Wildman–Crippen MR) is 102 cm³/mol. The van der Waals surface area contributed by atoms with Crippen LogP contribution < -0.4 is 14.8 Å². The van der Waals surface area contributed by atoms with Crippen molar-refractivity contribution in [2.45, 2.75) is 25.1 Å². The topological polar surface area (TPSA) is 60.0 Å². The van der Waals surface area contributed by atoms with E-state index >= 15 is 0 Å². The molecular formula is C21H24N2O4. The van der Waals surface area contributed by atoms with Crippen LogP contribution in [0.25, 0.3) is 0 Å². The van der Waals surface area contributed by atoms with Gasteiger partial charge in [0.25, 0.3) is 5.91 Å². The summed E-state index contributed by atoms with van der Waals surface area (Å²) in [6.45, 7) is 1.29. The minimum Gasteiger partial charge on any atom is -0.493 e. The van der Waals surface area contributed by atoms with Gasteiger partial charge >= 0.3 is 0 Å². The second-order valence-electron chi connectivity index (χ2n) is 6.77. The highest BCUT2D eigenvalue weighted by atomic mass is 16.5. The van der Waals surface area contributed by atoms with E-state index in [0.29, 0.717) is 23.6 Å². The van der Waals surface area contributed by atoms with E-state index < -0.39 is 0 Å². The Bertz CT molecular complexity index is 833. The van der Waals surface area contributed by atoms with Gasteiger partial charge in [0.2, 0.25) is 0 Å². The molecule has 1 amide bonds. The lowest BCUT2D eigenvalue weighted by Gasteiger charge is -2.39. The molecule has 1 fully saturated rings. The average molecular weight is 368 g/mol. The number of hydrogen-bond acceptors (Lipinski definition) is 5. The number of fused-ring (bicyclic) bond motifs is 1. The molecule has 0 spiro atoms. The number of rotatable bonds is 5. The molecule has 2 heterocycles. The first kappa shape index (κ1) is 17.7. The second kappa shape index (κ2) is 7.48. The minimum absolute atomic E-state index is 0.00489.